The number of nitriles is 1. The molecule has 2 fully saturated rings. The van der Waals surface area contributed by atoms with Gasteiger partial charge in [0, 0.05) is 37.5 Å². The van der Waals surface area contributed by atoms with E-state index >= 15 is 0 Å². The molecule has 7 heteroatoms. The molecule has 3 heterocycles. The molecule has 1 aromatic rings. The number of ether oxygens (including phenoxy) is 1. The molecular formula is C23H34N4O2S. The van der Waals surface area contributed by atoms with Crippen LogP contribution in [0.4, 0.5) is 5.00 Å². The number of aryl methyl sites for hydroxylation is 1. The fourth-order valence-corrected chi connectivity index (χ4v) is 6.51. The number of carbonyl (C=O) groups excluding carboxylic acids is 1. The normalized spacial score (nSPS) is 25.8. The van der Waals surface area contributed by atoms with E-state index in [0.29, 0.717) is 24.2 Å². The highest BCUT2D eigenvalue weighted by Gasteiger charge is 2.27. The lowest BCUT2D eigenvalue weighted by Crippen LogP contribution is -2.48. The number of nitrogens with zero attached hydrogens (tertiary/aromatic N) is 3. The summed E-state index contributed by atoms with van der Waals surface area (Å²) in [5.41, 5.74) is 1.87. The maximum atomic E-state index is 12.5. The first-order chi connectivity index (χ1) is 14.5. The lowest BCUT2D eigenvalue weighted by Gasteiger charge is -2.39. The number of amides is 1. The summed E-state index contributed by atoms with van der Waals surface area (Å²) in [6, 6.07) is 2.30. The summed E-state index contributed by atoms with van der Waals surface area (Å²) >= 11 is 1.60. The van der Waals surface area contributed by atoms with Gasteiger partial charge in [-0.3, -0.25) is 9.69 Å². The van der Waals surface area contributed by atoms with Crippen LogP contribution in [0.5, 0.6) is 0 Å². The van der Waals surface area contributed by atoms with Crippen molar-refractivity contribution in [3.05, 3.63) is 16.0 Å². The van der Waals surface area contributed by atoms with Gasteiger partial charge in [0.2, 0.25) is 5.91 Å². The lowest BCUT2D eigenvalue weighted by molar-refractivity contribution is -0.116. The second kappa shape index (κ2) is 9.78. The van der Waals surface area contributed by atoms with Gasteiger partial charge < -0.3 is 15.0 Å². The van der Waals surface area contributed by atoms with Crippen LogP contribution in [0.3, 0.4) is 0 Å². The summed E-state index contributed by atoms with van der Waals surface area (Å²) < 4.78 is 5.85. The van der Waals surface area contributed by atoms with E-state index in [-0.39, 0.29) is 5.91 Å². The topological polar surface area (TPSA) is 68.6 Å². The number of nitrogens with one attached hydrogen (secondary N) is 1. The monoisotopic (exact) mass is 430 g/mol. The number of thiophene rings is 1. The van der Waals surface area contributed by atoms with Crippen molar-refractivity contribution in [3.8, 4) is 6.07 Å². The molecular weight excluding hydrogens is 396 g/mol. The van der Waals surface area contributed by atoms with E-state index in [9.17, 15) is 10.1 Å². The fraction of sp³-hybridized carbons (Fsp3) is 0.739. The molecule has 2 atom stereocenters. The molecule has 2 aliphatic heterocycles. The zero-order chi connectivity index (χ0) is 21.1. The number of piperidine rings is 1. The van der Waals surface area contributed by atoms with E-state index in [1.54, 1.807) is 11.3 Å². The van der Waals surface area contributed by atoms with Crippen LogP contribution >= 0.6 is 11.3 Å². The molecule has 1 amide bonds. The van der Waals surface area contributed by atoms with Crippen molar-refractivity contribution in [1.82, 2.24) is 9.80 Å². The van der Waals surface area contributed by atoms with Gasteiger partial charge >= 0.3 is 0 Å². The van der Waals surface area contributed by atoms with Gasteiger partial charge in [0.1, 0.15) is 11.1 Å². The molecule has 2 saturated heterocycles. The largest absolute Gasteiger partial charge is 0.373 e. The Bertz CT molecular complexity index is 784. The number of hydrogen-bond acceptors (Lipinski definition) is 6. The Morgan fingerprint density at radius 2 is 1.93 bits per heavy atom. The molecule has 30 heavy (non-hydrogen) atoms. The van der Waals surface area contributed by atoms with Crippen LogP contribution in [-0.4, -0.2) is 67.2 Å². The molecule has 0 spiro atoms. The number of rotatable bonds is 6. The minimum Gasteiger partial charge on any atom is -0.373 e. The Morgan fingerprint density at radius 1 is 1.20 bits per heavy atom. The highest BCUT2D eigenvalue weighted by molar-refractivity contribution is 7.16. The van der Waals surface area contributed by atoms with E-state index in [1.807, 2.05) is 0 Å². The van der Waals surface area contributed by atoms with E-state index in [4.69, 9.17) is 4.74 Å². The zero-order valence-electron chi connectivity index (χ0n) is 18.3. The molecule has 6 nitrogen and oxygen atoms in total. The van der Waals surface area contributed by atoms with Crippen molar-refractivity contribution in [2.24, 2.45) is 5.92 Å². The quantitative estimate of drug-likeness (QED) is 0.750. The average molecular weight is 431 g/mol. The standard InChI is InChI=1S/C23H34N4O2S/c1-16-13-27(14-17(2)29-16)15-18-6-9-26(10-7-18)11-8-22(28)25-23-20(12-24)19-4-3-5-21(19)30-23/h16-18H,3-11,13-15H2,1-2H3,(H,25,28). The van der Waals surface area contributed by atoms with Gasteiger partial charge in [-0.1, -0.05) is 0 Å². The Kier molecular flexibility index (Phi) is 7.09. The van der Waals surface area contributed by atoms with Crippen molar-refractivity contribution in [3.63, 3.8) is 0 Å². The van der Waals surface area contributed by atoms with Crippen LogP contribution in [-0.2, 0) is 22.4 Å². The number of anilines is 1. The number of morpholine rings is 1. The summed E-state index contributed by atoms with van der Waals surface area (Å²) in [7, 11) is 0. The first kappa shape index (κ1) is 21.8. The highest BCUT2D eigenvalue weighted by Crippen LogP contribution is 2.38. The van der Waals surface area contributed by atoms with Gasteiger partial charge in [-0.25, -0.2) is 0 Å². The number of carbonyl (C=O) groups is 1. The summed E-state index contributed by atoms with van der Waals surface area (Å²) in [5, 5.41) is 13.3. The molecule has 0 bridgehead atoms. The third-order valence-electron chi connectivity index (χ3n) is 6.66. The van der Waals surface area contributed by atoms with E-state index in [0.717, 1.165) is 62.9 Å². The van der Waals surface area contributed by atoms with E-state index < -0.39 is 0 Å². The minimum absolute atomic E-state index is 0.0323. The van der Waals surface area contributed by atoms with Gasteiger partial charge in [-0.2, -0.15) is 5.26 Å². The predicted octanol–water partition coefficient (Wildman–Crippen LogP) is 3.26. The van der Waals surface area contributed by atoms with E-state index in [2.05, 4.69) is 35.0 Å². The second-order valence-electron chi connectivity index (χ2n) is 9.23. The van der Waals surface area contributed by atoms with Gasteiger partial charge in [0.05, 0.1) is 17.8 Å². The number of likely N-dealkylation sites (tertiary alicyclic amines) is 1. The first-order valence-electron chi connectivity index (χ1n) is 11.5. The van der Waals surface area contributed by atoms with Gasteiger partial charge in [-0.15, -0.1) is 11.3 Å². The van der Waals surface area contributed by atoms with Gasteiger partial charge in [0.25, 0.3) is 0 Å². The molecule has 0 aromatic carbocycles. The van der Waals surface area contributed by atoms with Crippen molar-refractivity contribution < 1.29 is 9.53 Å². The van der Waals surface area contributed by atoms with Crippen LogP contribution in [0, 0.1) is 17.2 Å². The third-order valence-corrected chi connectivity index (χ3v) is 7.87. The van der Waals surface area contributed by atoms with Crippen LogP contribution < -0.4 is 5.32 Å². The summed E-state index contributed by atoms with van der Waals surface area (Å²) in [6.07, 6.45) is 6.72. The zero-order valence-corrected chi connectivity index (χ0v) is 19.1. The van der Waals surface area contributed by atoms with Crippen LogP contribution in [0.25, 0.3) is 0 Å². The van der Waals surface area contributed by atoms with Crippen molar-refractivity contribution in [2.75, 3.05) is 44.6 Å². The maximum absolute atomic E-state index is 12.5. The van der Waals surface area contributed by atoms with Crippen molar-refractivity contribution >= 4 is 22.2 Å². The molecule has 0 radical (unpaired) electrons. The van der Waals surface area contributed by atoms with Gasteiger partial charge in [-0.05, 0) is 70.5 Å². The Balaban J connectivity index is 1.18. The van der Waals surface area contributed by atoms with Crippen LogP contribution in [0.1, 0.15) is 55.5 Å². The Hall–Kier alpha value is -1.46. The first-order valence-corrected chi connectivity index (χ1v) is 12.3. The molecule has 2 unspecified atom stereocenters. The van der Waals surface area contributed by atoms with Crippen LogP contribution in [0.15, 0.2) is 0 Å². The highest BCUT2D eigenvalue weighted by atomic mass is 32.1. The number of fused-ring (bicyclic) bond motifs is 1. The predicted molar refractivity (Wildman–Crippen MR) is 120 cm³/mol. The van der Waals surface area contributed by atoms with Gasteiger partial charge in [0.15, 0.2) is 0 Å². The molecule has 1 aromatic heterocycles. The van der Waals surface area contributed by atoms with Crippen molar-refractivity contribution in [1.29, 1.82) is 5.26 Å². The Morgan fingerprint density at radius 3 is 2.63 bits per heavy atom. The number of hydrogen-bond donors (Lipinski definition) is 1. The minimum atomic E-state index is 0.0323. The average Bonchev–Trinajstić information content (AvgIpc) is 3.27. The molecule has 1 N–H and O–H groups in total. The molecule has 164 valence electrons. The summed E-state index contributed by atoms with van der Waals surface area (Å²) in [6.45, 7) is 10.5. The molecule has 4 rings (SSSR count). The third kappa shape index (κ3) is 5.23. The molecule has 3 aliphatic rings. The smallest absolute Gasteiger partial charge is 0.226 e. The SMILES string of the molecule is CC1CN(CC2CCN(CCC(=O)Nc3sc4c(c3C#N)CCC4)CC2)CC(C)O1. The van der Waals surface area contributed by atoms with Crippen LogP contribution in [0.2, 0.25) is 0 Å². The van der Waals surface area contributed by atoms with E-state index in [1.165, 1.54) is 29.8 Å². The Labute approximate surface area is 184 Å². The molecule has 0 saturated carbocycles. The maximum Gasteiger partial charge on any atom is 0.226 e. The fourth-order valence-electron chi connectivity index (χ4n) is 5.25. The van der Waals surface area contributed by atoms with Crippen molar-refractivity contribution in [2.45, 2.75) is 64.6 Å². The lowest BCUT2D eigenvalue weighted by atomic mass is 9.95. The second-order valence-corrected chi connectivity index (χ2v) is 10.3. The molecule has 1 aliphatic carbocycles. The summed E-state index contributed by atoms with van der Waals surface area (Å²) in [5.74, 6) is 0.782. The summed E-state index contributed by atoms with van der Waals surface area (Å²) in [4.78, 5) is 18.7.